The van der Waals surface area contributed by atoms with E-state index in [9.17, 15) is 0 Å². The van der Waals surface area contributed by atoms with E-state index in [-0.39, 0.29) is 24.0 Å². The molecule has 1 heterocycles. The van der Waals surface area contributed by atoms with E-state index in [1.165, 1.54) is 4.70 Å². The third-order valence-corrected chi connectivity index (χ3v) is 2.52. The van der Waals surface area contributed by atoms with Crippen LogP contribution in [0.3, 0.4) is 0 Å². The predicted octanol–water partition coefficient (Wildman–Crippen LogP) is 3.56. The van der Waals surface area contributed by atoms with Crippen LogP contribution in [0.1, 0.15) is 5.01 Å². The second-order valence-electron chi connectivity index (χ2n) is 2.22. The van der Waals surface area contributed by atoms with Gasteiger partial charge >= 0.3 is 0 Å². The van der Waals surface area contributed by atoms with Gasteiger partial charge in [-0.2, -0.15) is 0 Å². The second kappa shape index (κ2) is 4.00. The third kappa shape index (κ3) is 1.67. The number of benzene rings is 1. The summed E-state index contributed by atoms with van der Waals surface area (Å²) >= 11 is 1.67. The molecule has 0 bridgehead atoms. The molecule has 2 rings (SSSR count). The van der Waals surface area contributed by atoms with Gasteiger partial charge in [-0.05, 0) is 18.2 Å². The molecule has 12 heavy (non-hydrogen) atoms. The first-order valence-corrected chi connectivity index (χ1v) is 4.20. The molecule has 2 aromatic rings. The highest BCUT2D eigenvalue weighted by molar-refractivity contribution is 14.0. The van der Waals surface area contributed by atoms with E-state index < -0.39 is 0 Å². The first-order valence-electron chi connectivity index (χ1n) is 3.38. The van der Waals surface area contributed by atoms with E-state index in [0.29, 0.717) is 0 Å². The maximum Gasteiger partial charge on any atom is 0.116 e. The number of thiazole rings is 1. The Hall–Kier alpha value is -0.420. The summed E-state index contributed by atoms with van der Waals surface area (Å²) in [5.41, 5.74) is 1.06. The van der Waals surface area contributed by atoms with Crippen LogP contribution in [-0.2, 0) is 0 Å². The van der Waals surface area contributed by atoms with Crippen LogP contribution < -0.4 is 0 Å². The monoisotopic (exact) mass is 289 g/mol. The van der Waals surface area contributed by atoms with Gasteiger partial charge in [-0.1, -0.05) is 18.7 Å². The van der Waals surface area contributed by atoms with Crippen LogP contribution >= 0.6 is 35.3 Å². The highest BCUT2D eigenvalue weighted by Gasteiger charge is 1.97. The SMILES string of the molecule is C=Cc1nc2ccccc2s1.I. The van der Waals surface area contributed by atoms with Gasteiger partial charge in [0.1, 0.15) is 5.01 Å². The number of aromatic nitrogens is 1. The summed E-state index contributed by atoms with van der Waals surface area (Å²) in [7, 11) is 0. The highest BCUT2D eigenvalue weighted by Crippen LogP contribution is 2.21. The third-order valence-electron chi connectivity index (χ3n) is 1.49. The summed E-state index contributed by atoms with van der Waals surface area (Å²) in [6.07, 6.45) is 1.78. The fourth-order valence-corrected chi connectivity index (χ4v) is 1.79. The van der Waals surface area contributed by atoms with Gasteiger partial charge < -0.3 is 0 Å². The molecule has 0 N–H and O–H groups in total. The molecule has 0 aliphatic carbocycles. The zero-order chi connectivity index (χ0) is 7.68. The van der Waals surface area contributed by atoms with Crippen molar-refractivity contribution in [2.45, 2.75) is 0 Å². The number of hydrogen-bond acceptors (Lipinski definition) is 2. The van der Waals surface area contributed by atoms with Crippen LogP contribution in [0.2, 0.25) is 0 Å². The topological polar surface area (TPSA) is 12.9 Å². The first-order chi connectivity index (χ1) is 5.40. The number of fused-ring (bicyclic) bond motifs is 1. The van der Waals surface area contributed by atoms with E-state index in [4.69, 9.17) is 0 Å². The quantitative estimate of drug-likeness (QED) is 0.731. The average Bonchev–Trinajstić information content (AvgIpc) is 2.46. The van der Waals surface area contributed by atoms with Gasteiger partial charge in [0.25, 0.3) is 0 Å². The summed E-state index contributed by atoms with van der Waals surface area (Å²) in [6.45, 7) is 3.67. The lowest BCUT2D eigenvalue weighted by atomic mass is 10.3. The molecule has 62 valence electrons. The number of nitrogens with zero attached hydrogens (tertiary/aromatic N) is 1. The van der Waals surface area contributed by atoms with Gasteiger partial charge in [0.05, 0.1) is 10.2 Å². The molecule has 0 aliphatic rings. The van der Waals surface area contributed by atoms with Crippen molar-refractivity contribution in [3.05, 3.63) is 35.9 Å². The number of hydrogen-bond donors (Lipinski definition) is 0. The van der Waals surface area contributed by atoms with Gasteiger partial charge in [-0.15, -0.1) is 35.3 Å². The number of halogens is 1. The lowest BCUT2D eigenvalue weighted by Crippen LogP contribution is -1.65. The Bertz CT molecular complexity index is 361. The summed E-state index contributed by atoms with van der Waals surface area (Å²) < 4.78 is 1.22. The normalized spacial score (nSPS) is 9.33. The van der Waals surface area contributed by atoms with Crippen molar-refractivity contribution in [2.75, 3.05) is 0 Å². The molecule has 0 fully saturated rings. The maximum atomic E-state index is 4.33. The Morgan fingerprint density at radius 1 is 1.33 bits per heavy atom. The van der Waals surface area contributed by atoms with Crippen LogP contribution in [0.25, 0.3) is 16.3 Å². The summed E-state index contributed by atoms with van der Waals surface area (Å²) in [4.78, 5) is 4.33. The molecule has 0 radical (unpaired) electrons. The van der Waals surface area contributed by atoms with Crippen molar-refractivity contribution in [3.63, 3.8) is 0 Å². The van der Waals surface area contributed by atoms with Gasteiger partial charge in [0, 0.05) is 0 Å². The van der Waals surface area contributed by atoms with Crippen LogP contribution in [0, 0.1) is 0 Å². The van der Waals surface area contributed by atoms with E-state index in [1.54, 1.807) is 17.4 Å². The smallest absolute Gasteiger partial charge is 0.116 e. The van der Waals surface area contributed by atoms with E-state index in [0.717, 1.165) is 10.5 Å². The Kier molecular flexibility index (Phi) is 3.22. The molecule has 1 aromatic heterocycles. The lowest BCUT2D eigenvalue weighted by Gasteiger charge is -1.80. The Morgan fingerprint density at radius 2 is 2.08 bits per heavy atom. The average molecular weight is 289 g/mol. The van der Waals surface area contributed by atoms with Crippen molar-refractivity contribution < 1.29 is 0 Å². The van der Waals surface area contributed by atoms with Crippen molar-refractivity contribution in [3.8, 4) is 0 Å². The van der Waals surface area contributed by atoms with Crippen LogP contribution in [-0.4, -0.2) is 4.98 Å². The Morgan fingerprint density at radius 3 is 2.75 bits per heavy atom. The molecule has 0 saturated heterocycles. The summed E-state index contributed by atoms with van der Waals surface area (Å²) in [5.74, 6) is 0. The van der Waals surface area contributed by atoms with Crippen molar-refractivity contribution in [2.24, 2.45) is 0 Å². The molecule has 0 saturated carbocycles. The van der Waals surface area contributed by atoms with Gasteiger partial charge in [0.2, 0.25) is 0 Å². The van der Waals surface area contributed by atoms with E-state index >= 15 is 0 Å². The zero-order valence-electron chi connectivity index (χ0n) is 6.36. The second-order valence-corrected chi connectivity index (χ2v) is 3.29. The molecule has 0 amide bonds. The minimum atomic E-state index is 0. The van der Waals surface area contributed by atoms with Gasteiger partial charge in [0.15, 0.2) is 0 Å². The van der Waals surface area contributed by atoms with Crippen LogP contribution in [0.5, 0.6) is 0 Å². The highest BCUT2D eigenvalue weighted by atomic mass is 127. The van der Waals surface area contributed by atoms with E-state index in [1.807, 2.05) is 18.2 Å². The Balaban J connectivity index is 0.000000720. The maximum absolute atomic E-state index is 4.33. The largest absolute Gasteiger partial charge is 0.237 e. The summed E-state index contributed by atoms with van der Waals surface area (Å²) in [6, 6.07) is 8.10. The van der Waals surface area contributed by atoms with Gasteiger partial charge in [-0.3, -0.25) is 0 Å². The molecule has 0 unspecified atom stereocenters. The molecule has 1 aromatic carbocycles. The van der Waals surface area contributed by atoms with Crippen LogP contribution in [0.4, 0.5) is 0 Å². The molecule has 3 heteroatoms. The van der Waals surface area contributed by atoms with Crippen molar-refractivity contribution >= 4 is 51.6 Å². The van der Waals surface area contributed by atoms with Crippen molar-refractivity contribution in [1.29, 1.82) is 0 Å². The fraction of sp³-hybridized carbons (Fsp3) is 0. The minimum Gasteiger partial charge on any atom is -0.237 e. The minimum absolute atomic E-state index is 0. The molecular weight excluding hydrogens is 281 g/mol. The molecular formula is C9H8INS. The lowest BCUT2D eigenvalue weighted by molar-refractivity contribution is 1.46. The van der Waals surface area contributed by atoms with Crippen LogP contribution in [0.15, 0.2) is 30.8 Å². The first kappa shape index (κ1) is 9.67. The number of rotatable bonds is 1. The summed E-state index contributed by atoms with van der Waals surface area (Å²) in [5, 5.41) is 0.992. The predicted molar refractivity (Wildman–Crippen MR) is 65.1 cm³/mol. The number of para-hydroxylation sites is 1. The zero-order valence-corrected chi connectivity index (χ0v) is 9.50. The van der Waals surface area contributed by atoms with E-state index in [2.05, 4.69) is 17.6 Å². The fourth-order valence-electron chi connectivity index (χ4n) is 0.977. The molecule has 1 nitrogen and oxygen atoms in total. The van der Waals surface area contributed by atoms with Crippen molar-refractivity contribution in [1.82, 2.24) is 4.98 Å². The standard InChI is InChI=1S/C9H7NS.HI/c1-2-9-10-7-5-3-4-6-8(7)11-9;/h2-6H,1H2;1H. The molecule has 0 aliphatic heterocycles. The molecule has 0 spiro atoms. The Labute approximate surface area is 92.2 Å². The molecule has 0 atom stereocenters. The van der Waals surface area contributed by atoms with Gasteiger partial charge in [-0.25, -0.2) is 4.98 Å².